The highest BCUT2D eigenvalue weighted by Crippen LogP contribution is 2.60. The molecule has 4 fully saturated rings. The molecule has 4 aliphatic rings. The van der Waals surface area contributed by atoms with Crippen LogP contribution < -0.4 is 15.4 Å². The van der Waals surface area contributed by atoms with Gasteiger partial charge in [0, 0.05) is 17.6 Å². The van der Waals surface area contributed by atoms with Gasteiger partial charge in [-0.1, -0.05) is 0 Å². The summed E-state index contributed by atoms with van der Waals surface area (Å²) in [5.41, 5.74) is 0.376. The second-order valence-corrected chi connectivity index (χ2v) is 9.55. The molecule has 7 heteroatoms. The minimum absolute atomic E-state index is 0.0538. The normalized spacial score (nSPS) is 29.2. The van der Waals surface area contributed by atoms with Gasteiger partial charge in [0.15, 0.2) is 6.10 Å². The Morgan fingerprint density at radius 1 is 1.03 bits per heavy atom. The molecule has 1 aromatic carbocycles. The Kier molecular flexibility index (Phi) is 6.21. The molecule has 0 aliphatic heterocycles. The molecule has 7 nitrogen and oxygen atoms in total. The number of anilines is 1. The molecule has 0 spiro atoms. The van der Waals surface area contributed by atoms with Gasteiger partial charge in [-0.15, -0.1) is 0 Å². The number of ether oxygens (including phenoxy) is 2. The van der Waals surface area contributed by atoms with Crippen molar-refractivity contribution in [2.75, 3.05) is 19.0 Å². The third-order valence-corrected chi connectivity index (χ3v) is 7.17. The van der Waals surface area contributed by atoms with E-state index in [1.807, 2.05) is 0 Å². The smallest absolute Gasteiger partial charge is 0.308 e. The van der Waals surface area contributed by atoms with Gasteiger partial charge in [0.1, 0.15) is 5.75 Å². The van der Waals surface area contributed by atoms with Crippen LogP contribution in [0, 0.1) is 23.2 Å². The number of benzene rings is 1. The molecule has 0 saturated heterocycles. The summed E-state index contributed by atoms with van der Waals surface area (Å²) in [7, 11) is 1.57. The summed E-state index contributed by atoms with van der Waals surface area (Å²) >= 11 is 0. The van der Waals surface area contributed by atoms with Gasteiger partial charge in [0.05, 0.1) is 13.5 Å². The topological polar surface area (TPSA) is 93.7 Å². The average molecular weight is 429 g/mol. The van der Waals surface area contributed by atoms with Gasteiger partial charge in [-0.2, -0.15) is 0 Å². The lowest BCUT2D eigenvalue weighted by molar-refractivity contribution is -0.153. The molecule has 2 amide bonds. The minimum Gasteiger partial charge on any atom is -0.497 e. The monoisotopic (exact) mass is 428 g/mol. The van der Waals surface area contributed by atoms with Gasteiger partial charge in [-0.05, 0) is 87.5 Å². The second-order valence-electron chi connectivity index (χ2n) is 9.55. The molecular weight excluding hydrogens is 396 g/mol. The lowest BCUT2D eigenvalue weighted by atomic mass is 9.49. The molecule has 1 atom stereocenters. The number of rotatable bonds is 8. The summed E-state index contributed by atoms with van der Waals surface area (Å²) in [6, 6.07) is 6.90. The van der Waals surface area contributed by atoms with Gasteiger partial charge in [0.2, 0.25) is 5.91 Å². The molecule has 4 saturated carbocycles. The number of carbonyl (C=O) groups is 3. The number of methoxy groups -OCH3 is 1. The van der Waals surface area contributed by atoms with Crippen molar-refractivity contribution in [2.45, 2.75) is 58.0 Å². The van der Waals surface area contributed by atoms with E-state index in [0.29, 0.717) is 29.2 Å². The zero-order chi connectivity index (χ0) is 22.0. The predicted octanol–water partition coefficient (Wildman–Crippen LogP) is 3.29. The lowest BCUT2D eigenvalue weighted by Crippen LogP contribution is -2.53. The zero-order valence-electron chi connectivity index (χ0n) is 18.3. The number of amides is 2. The van der Waals surface area contributed by atoms with Crippen molar-refractivity contribution in [2.24, 2.45) is 23.2 Å². The SMILES string of the molecule is COc1ccc(NC(=O)C(C)OC(=O)CCNC(=O)C23CC4CC(CC(C4)C2)C3)cc1. The first-order valence-electron chi connectivity index (χ1n) is 11.3. The fraction of sp³-hybridized carbons (Fsp3) is 0.625. The van der Waals surface area contributed by atoms with Crippen LogP contribution in [0.25, 0.3) is 0 Å². The quantitative estimate of drug-likeness (QED) is 0.620. The van der Waals surface area contributed by atoms with E-state index in [1.54, 1.807) is 31.4 Å². The summed E-state index contributed by atoms with van der Waals surface area (Å²) < 4.78 is 10.3. The molecule has 31 heavy (non-hydrogen) atoms. The highest BCUT2D eigenvalue weighted by atomic mass is 16.5. The third-order valence-electron chi connectivity index (χ3n) is 7.17. The lowest BCUT2D eigenvalue weighted by Gasteiger charge is -2.55. The first kappa shape index (κ1) is 21.7. The van der Waals surface area contributed by atoms with E-state index in [0.717, 1.165) is 19.3 Å². The van der Waals surface area contributed by atoms with Crippen LogP contribution in [0.5, 0.6) is 5.75 Å². The number of nitrogens with one attached hydrogen (secondary N) is 2. The van der Waals surface area contributed by atoms with Gasteiger partial charge in [-0.25, -0.2) is 0 Å². The Bertz CT molecular complexity index is 800. The summed E-state index contributed by atoms with van der Waals surface area (Å²) in [6.07, 6.45) is 5.99. The third kappa shape index (κ3) is 4.86. The number of carbonyl (C=O) groups excluding carboxylic acids is 3. The number of hydrogen-bond donors (Lipinski definition) is 2. The molecule has 0 aromatic heterocycles. The standard InChI is InChI=1S/C24H32N2O5/c1-15(22(28)26-19-3-5-20(30-2)6-4-19)31-21(27)7-8-25-23(29)24-12-16-9-17(13-24)11-18(10-16)14-24/h3-6,15-18H,7-14H2,1-2H3,(H,25,29)(H,26,28). The Labute approximate surface area is 183 Å². The zero-order valence-corrected chi connectivity index (χ0v) is 18.3. The van der Waals surface area contributed by atoms with E-state index >= 15 is 0 Å². The minimum atomic E-state index is -0.923. The van der Waals surface area contributed by atoms with Crippen molar-refractivity contribution in [3.63, 3.8) is 0 Å². The van der Waals surface area contributed by atoms with Crippen molar-refractivity contribution < 1.29 is 23.9 Å². The van der Waals surface area contributed by atoms with Gasteiger partial charge in [-0.3, -0.25) is 14.4 Å². The highest BCUT2D eigenvalue weighted by Gasteiger charge is 2.54. The van der Waals surface area contributed by atoms with Crippen LogP contribution in [0.3, 0.4) is 0 Å². The van der Waals surface area contributed by atoms with E-state index in [2.05, 4.69) is 10.6 Å². The second kappa shape index (κ2) is 8.89. The molecular formula is C24H32N2O5. The van der Waals surface area contributed by atoms with Crippen LogP contribution in [0.2, 0.25) is 0 Å². The van der Waals surface area contributed by atoms with Crippen molar-refractivity contribution in [3.05, 3.63) is 24.3 Å². The molecule has 0 heterocycles. The van der Waals surface area contributed by atoms with Gasteiger partial charge >= 0.3 is 5.97 Å². The van der Waals surface area contributed by atoms with Crippen LogP contribution >= 0.6 is 0 Å². The Morgan fingerprint density at radius 3 is 2.16 bits per heavy atom. The van der Waals surface area contributed by atoms with Crippen molar-refractivity contribution in [1.29, 1.82) is 0 Å². The summed E-state index contributed by atoms with van der Waals surface area (Å²) in [5, 5.41) is 5.68. The predicted molar refractivity (Wildman–Crippen MR) is 115 cm³/mol. The fourth-order valence-electron chi connectivity index (χ4n) is 6.08. The molecule has 2 N–H and O–H groups in total. The largest absolute Gasteiger partial charge is 0.497 e. The van der Waals surface area contributed by atoms with Crippen molar-refractivity contribution >= 4 is 23.5 Å². The molecule has 5 rings (SSSR count). The molecule has 4 aliphatic carbocycles. The van der Waals surface area contributed by atoms with E-state index in [1.165, 1.54) is 26.2 Å². The van der Waals surface area contributed by atoms with E-state index < -0.39 is 18.0 Å². The maximum atomic E-state index is 12.9. The van der Waals surface area contributed by atoms with Crippen LogP contribution in [0.4, 0.5) is 5.69 Å². The Hall–Kier alpha value is -2.57. The maximum absolute atomic E-state index is 12.9. The average Bonchev–Trinajstić information content (AvgIpc) is 2.73. The summed E-state index contributed by atoms with van der Waals surface area (Å²) in [6.45, 7) is 1.77. The van der Waals surface area contributed by atoms with Crippen LogP contribution in [-0.4, -0.2) is 37.5 Å². The van der Waals surface area contributed by atoms with Crippen LogP contribution in [-0.2, 0) is 19.1 Å². The molecule has 1 unspecified atom stereocenters. The highest BCUT2D eigenvalue weighted by molar-refractivity contribution is 5.95. The van der Waals surface area contributed by atoms with Crippen LogP contribution in [0.1, 0.15) is 51.9 Å². The Morgan fingerprint density at radius 2 is 1.61 bits per heavy atom. The molecule has 0 radical (unpaired) electrons. The summed E-state index contributed by atoms with van der Waals surface area (Å²) in [4.78, 5) is 37.3. The Balaban J connectivity index is 1.19. The first-order valence-corrected chi connectivity index (χ1v) is 11.3. The van der Waals surface area contributed by atoms with Crippen molar-refractivity contribution in [1.82, 2.24) is 5.32 Å². The number of esters is 1. The maximum Gasteiger partial charge on any atom is 0.308 e. The van der Waals surface area contributed by atoms with Gasteiger partial charge < -0.3 is 20.1 Å². The first-order chi connectivity index (χ1) is 14.9. The van der Waals surface area contributed by atoms with E-state index in [9.17, 15) is 14.4 Å². The van der Waals surface area contributed by atoms with Crippen molar-refractivity contribution in [3.8, 4) is 5.75 Å². The number of hydrogen-bond acceptors (Lipinski definition) is 5. The molecule has 168 valence electrons. The summed E-state index contributed by atoms with van der Waals surface area (Å²) in [5.74, 6) is 1.99. The van der Waals surface area contributed by atoms with Gasteiger partial charge in [0.25, 0.3) is 5.91 Å². The van der Waals surface area contributed by atoms with E-state index in [4.69, 9.17) is 9.47 Å². The fourth-order valence-corrected chi connectivity index (χ4v) is 6.08. The molecule has 4 bridgehead atoms. The molecule has 1 aromatic rings. The van der Waals surface area contributed by atoms with Crippen LogP contribution in [0.15, 0.2) is 24.3 Å². The van der Waals surface area contributed by atoms with E-state index in [-0.39, 0.29) is 24.3 Å².